The molecule has 7 aromatic rings. The first-order valence-corrected chi connectivity index (χ1v) is 29.3. The van der Waals surface area contributed by atoms with Gasteiger partial charge in [0, 0.05) is 58.1 Å². The van der Waals surface area contributed by atoms with Crippen LogP contribution >= 0.6 is 34.3 Å². The van der Waals surface area contributed by atoms with E-state index in [9.17, 15) is 24.0 Å². The number of nitrogens with zero attached hydrogens (tertiary/aromatic N) is 6. The number of thiophene rings is 1. The molecular weight excluding hydrogens is 1070 g/mol. The van der Waals surface area contributed by atoms with E-state index in [1.807, 2.05) is 107 Å². The number of ether oxygens (including phenoxy) is 2. The standard InChI is InChI=1S/C60H66ClN9O8S2/c1-10-11-12-50(72)77-44-27-46(56(73)63-32(3)36-13-15-38(16-14-36)53-33(4)62-30-79-53)69(29-44)58(75)54(60(7,8)9)66-57(74)48-24-39-23-42(21-22-47(39)78-48)76-43-25-41(26-43)64-49(71)28-45-55-68-67-35(6)70(55)59-51(31(2)34(5)80-59)52(65-45)37-17-19-40(61)20-18-37/h13-24,30,32,41,43-46,54H,10-12,25-29H2,1-9H3,(H,63,73)(H,64,71)(H,66,74)/t32-,41?,43?,44+,45-,46-,54+/m0/s1. The van der Waals surface area contributed by atoms with Gasteiger partial charge in [-0.3, -0.25) is 33.5 Å². The zero-order valence-corrected chi connectivity index (χ0v) is 48.7. The molecule has 3 aromatic carbocycles. The Kier molecular flexibility index (Phi) is 16.2. The fourth-order valence-corrected chi connectivity index (χ4v) is 12.8. The number of esters is 1. The normalized spacial score (nSPS) is 19.4. The molecule has 2 fully saturated rings. The highest BCUT2D eigenvalue weighted by Crippen LogP contribution is 2.40. The molecule has 0 radical (unpaired) electrons. The molecule has 6 heterocycles. The first-order valence-electron chi connectivity index (χ1n) is 27.2. The minimum Gasteiger partial charge on any atom is -0.490 e. The first-order chi connectivity index (χ1) is 38.2. The number of aromatic nitrogens is 4. The molecule has 5 atom stereocenters. The molecule has 80 heavy (non-hydrogen) atoms. The number of amides is 4. The number of aryl methyl sites for hydroxylation is 3. The van der Waals surface area contributed by atoms with Crippen LogP contribution in [0.25, 0.3) is 26.4 Å². The van der Waals surface area contributed by atoms with Crippen LogP contribution in [-0.4, -0.2) is 96.8 Å². The number of carbonyl (C=O) groups excluding carboxylic acids is 5. The lowest BCUT2D eigenvalue weighted by Gasteiger charge is -2.36. The molecule has 20 heteroatoms. The average molecular weight is 1140 g/mol. The minimum atomic E-state index is -1.10. The number of hydrogen-bond acceptors (Lipinski definition) is 14. The van der Waals surface area contributed by atoms with Gasteiger partial charge in [-0.05, 0) is 99.5 Å². The molecule has 0 unspecified atom stereocenters. The Morgan fingerprint density at radius 2 is 1.64 bits per heavy atom. The van der Waals surface area contributed by atoms with Gasteiger partial charge in [-0.1, -0.05) is 82.1 Å². The second-order valence-electron chi connectivity index (χ2n) is 22.2. The minimum absolute atomic E-state index is 0.0121. The maximum absolute atomic E-state index is 14.8. The molecule has 4 aromatic heterocycles. The summed E-state index contributed by atoms with van der Waals surface area (Å²) in [4.78, 5) is 83.1. The molecule has 4 amide bonds. The highest BCUT2D eigenvalue weighted by Gasteiger charge is 2.47. The van der Waals surface area contributed by atoms with Crippen LogP contribution in [0.4, 0.5) is 0 Å². The Hall–Kier alpha value is -7.22. The van der Waals surface area contributed by atoms with Crippen molar-refractivity contribution in [2.24, 2.45) is 10.4 Å². The quantitative estimate of drug-likeness (QED) is 0.0730. The van der Waals surface area contributed by atoms with Crippen molar-refractivity contribution in [2.45, 2.75) is 150 Å². The average Bonchev–Trinajstić information content (AvgIpc) is 4.32. The Morgan fingerprint density at radius 1 is 0.900 bits per heavy atom. The van der Waals surface area contributed by atoms with Crippen molar-refractivity contribution in [2.75, 3.05) is 6.54 Å². The van der Waals surface area contributed by atoms with Crippen LogP contribution in [0.3, 0.4) is 0 Å². The number of fused-ring (bicyclic) bond motifs is 4. The van der Waals surface area contributed by atoms with Gasteiger partial charge in [-0.2, -0.15) is 0 Å². The maximum Gasteiger partial charge on any atom is 0.306 e. The summed E-state index contributed by atoms with van der Waals surface area (Å²) >= 11 is 9.51. The summed E-state index contributed by atoms with van der Waals surface area (Å²) in [5, 5.41) is 20.4. The highest BCUT2D eigenvalue weighted by atomic mass is 35.5. The van der Waals surface area contributed by atoms with E-state index in [-0.39, 0.29) is 55.6 Å². The number of thiazole rings is 1. The summed E-state index contributed by atoms with van der Waals surface area (Å²) in [5.41, 5.74) is 8.07. The van der Waals surface area contributed by atoms with Crippen LogP contribution in [0.1, 0.15) is 147 Å². The molecule has 1 saturated carbocycles. The third-order valence-corrected chi connectivity index (χ3v) is 17.7. The van der Waals surface area contributed by atoms with E-state index in [4.69, 9.17) is 30.5 Å². The summed E-state index contributed by atoms with van der Waals surface area (Å²) in [7, 11) is 0. The van der Waals surface area contributed by atoms with E-state index in [2.05, 4.69) is 45.0 Å². The number of likely N-dealkylation sites (tertiary alicyclic amines) is 1. The van der Waals surface area contributed by atoms with Crippen molar-refractivity contribution in [3.8, 4) is 21.2 Å². The van der Waals surface area contributed by atoms with Gasteiger partial charge < -0.3 is 34.7 Å². The molecule has 418 valence electrons. The number of hydrogen-bond donors (Lipinski definition) is 3. The summed E-state index contributed by atoms with van der Waals surface area (Å²) < 4.78 is 20.3. The van der Waals surface area contributed by atoms with Crippen LogP contribution in [0, 0.1) is 33.1 Å². The molecule has 1 saturated heterocycles. The maximum atomic E-state index is 14.8. The van der Waals surface area contributed by atoms with E-state index in [1.165, 1.54) is 4.90 Å². The molecule has 3 aliphatic rings. The molecule has 17 nitrogen and oxygen atoms in total. The van der Waals surface area contributed by atoms with Crippen LogP contribution in [-0.2, 0) is 23.9 Å². The topological polar surface area (TPSA) is 212 Å². The number of rotatable bonds is 17. The van der Waals surface area contributed by atoms with Gasteiger partial charge in [0.1, 0.15) is 52.5 Å². The lowest BCUT2D eigenvalue weighted by atomic mass is 9.85. The largest absolute Gasteiger partial charge is 0.490 e. The summed E-state index contributed by atoms with van der Waals surface area (Å²) in [5.74, 6) is -0.162. The number of benzene rings is 3. The predicted octanol–water partition coefficient (Wildman–Crippen LogP) is 10.8. The zero-order chi connectivity index (χ0) is 56.7. The second-order valence-corrected chi connectivity index (χ2v) is 24.7. The SMILES string of the molecule is CCCCC(=O)O[C@@H]1C[C@@H](C(=O)N[C@@H](C)c2ccc(-c3scnc3C)cc2)N(C(=O)[C@@H](NC(=O)c2cc3cc(OC4CC(NC(=O)C[C@@H]5N=C(c6ccc(Cl)cc6)c6c(sc(C)c6C)-n6c(C)nnc65)C4)ccc3o2)C(C)(C)C)C1. The number of furan rings is 1. The number of aliphatic imine (C=N–C) groups is 1. The van der Waals surface area contributed by atoms with Crippen LogP contribution < -0.4 is 20.7 Å². The van der Waals surface area contributed by atoms with Gasteiger partial charge in [-0.15, -0.1) is 32.9 Å². The van der Waals surface area contributed by atoms with E-state index in [0.29, 0.717) is 46.8 Å². The summed E-state index contributed by atoms with van der Waals surface area (Å²) in [6.45, 7) is 17.4. The fraction of sp³-hybridized carbons (Fsp3) is 0.417. The van der Waals surface area contributed by atoms with Gasteiger partial charge in [0.25, 0.3) is 5.91 Å². The molecule has 0 bridgehead atoms. The predicted molar refractivity (Wildman–Crippen MR) is 309 cm³/mol. The lowest BCUT2D eigenvalue weighted by Crippen LogP contribution is -2.57. The number of nitrogens with one attached hydrogen (secondary N) is 3. The Balaban J connectivity index is 0.775. The van der Waals surface area contributed by atoms with Crippen molar-refractivity contribution in [1.29, 1.82) is 0 Å². The molecular formula is C60H66ClN9O8S2. The smallest absolute Gasteiger partial charge is 0.306 e. The van der Waals surface area contributed by atoms with Crippen molar-refractivity contribution >= 4 is 80.6 Å². The Bertz CT molecular complexity index is 3520. The third-order valence-electron chi connectivity index (χ3n) is 15.3. The van der Waals surface area contributed by atoms with Gasteiger partial charge in [0.05, 0.1) is 40.8 Å². The highest BCUT2D eigenvalue weighted by molar-refractivity contribution is 7.15. The summed E-state index contributed by atoms with van der Waals surface area (Å²) in [6, 6.07) is 19.2. The summed E-state index contributed by atoms with van der Waals surface area (Å²) in [6.07, 6.45) is 2.16. The zero-order valence-electron chi connectivity index (χ0n) is 46.3. The first kappa shape index (κ1) is 56.1. The third kappa shape index (κ3) is 11.8. The monoisotopic (exact) mass is 1140 g/mol. The Morgan fingerprint density at radius 3 is 2.34 bits per heavy atom. The lowest BCUT2D eigenvalue weighted by molar-refractivity contribution is -0.149. The van der Waals surface area contributed by atoms with E-state index in [0.717, 1.165) is 66.2 Å². The second kappa shape index (κ2) is 23.1. The number of unbranched alkanes of at least 4 members (excludes halogenated alkanes) is 1. The molecule has 0 spiro atoms. The van der Waals surface area contributed by atoms with Crippen molar-refractivity contribution in [3.63, 3.8) is 0 Å². The van der Waals surface area contributed by atoms with Crippen molar-refractivity contribution in [1.82, 2.24) is 40.6 Å². The van der Waals surface area contributed by atoms with Gasteiger partial charge in [0.2, 0.25) is 17.7 Å². The van der Waals surface area contributed by atoms with Crippen molar-refractivity contribution in [3.05, 3.63) is 134 Å². The van der Waals surface area contributed by atoms with Crippen LogP contribution in [0.5, 0.6) is 5.75 Å². The number of halogens is 1. The van der Waals surface area contributed by atoms with Crippen LogP contribution in [0.2, 0.25) is 5.02 Å². The van der Waals surface area contributed by atoms with Gasteiger partial charge >= 0.3 is 5.97 Å². The van der Waals surface area contributed by atoms with E-state index in [1.54, 1.807) is 46.9 Å². The molecule has 3 N–H and O–H groups in total. The molecule has 10 rings (SSSR count). The van der Waals surface area contributed by atoms with Crippen molar-refractivity contribution < 1.29 is 37.9 Å². The van der Waals surface area contributed by atoms with Gasteiger partial charge in [-0.25, -0.2) is 4.98 Å². The van der Waals surface area contributed by atoms with E-state index < -0.39 is 53.4 Å². The molecule has 2 aliphatic heterocycles. The van der Waals surface area contributed by atoms with Gasteiger partial charge in [0.15, 0.2) is 11.6 Å². The fourth-order valence-electron chi connectivity index (χ4n) is 10.6. The molecule has 1 aliphatic carbocycles. The van der Waals surface area contributed by atoms with E-state index >= 15 is 0 Å². The Labute approximate surface area is 477 Å². The number of carbonyl (C=O) groups is 5. The van der Waals surface area contributed by atoms with Crippen LogP contribution in [0.15, 0.2) is 87.7 Å².